The first-order chi connectivity index (χ1) is 10.1. The summed E-state index contributed by atoms with van der Waals surface area (Å²) in [6.07, 6.45) is 0.138. The second-order valence-electron chi connectivity index (χ2n) is 4.38. The molecule has 0 atom stereocenters. The maximum absolute atomic E-state index is 13.0. The highest BCUT2D eigenvalue weighted by Crippen LogP contribution is 2.17. The second-order valence-corrected chi connectivity index (χ2v) is 4.38. The van der Waals surface area contributed by atoms with E-state index < -0.39 is 5.82 Å². The molecule has 106 valence electrons. The number of hydrogen-bond donors (Lipinski definition) is 1. The van der Waals surface area contributed by atoms with Crippen LogP contribution in [0.1, 0.15) is 11.1 Å². The van der Waals surface area contributed by atoms with E-state index in [0.717, 1.165) is 11.6 Å². The highest BCUT2D eigenvalue weighted by Gasteiger charge is 2.09. The molecular formula is C16H13FN2O2. The van der Waals surface area contributed by atoms with E-state index in [2.05, 4.69) is 5.32 Å². The topological polar surface area (TPSA) is 62.1 Å². The second kappa shape index (κ2) is 6.53. The molecule has 2 aromatic rings. The van der Waals surface area contributed by atoms with Gasteiger partial charge in [0.1, 0.15) is 17.6 Å². The van der Waals surface area contributed by atoms with E-state index in [0.29, 0.717) is 11.4 Å². The van der Waals surface area contributed by atoms with Crippen molar-refractivity contribution < 1.29 is 13.9 Å². The molecule has 0 aromatic heterocycles. The van der Waals surface area contributed by atoms with Crippen molar-refractivity contribution in [2.45, 2.75) is 6.42 Å². The van der Waals surface area contributed by atoms with Crippen molar-refractivity contribution >= 4 is 11.6 Å². The minimum absolute atomic E-state index is 0.0917. The summed E-state index contributed by atoms with van der Waals surface area (Å²) in [6, 6.07) is 12.6. The maximum atomic E-state index is 13.0. The summed E-state index contributed by atoms with van der Waals surface area (Å²) in [7, 11) is 1.55. The lowest BCUT2D eigenvalue weighted by Gasteiger charge is -2.08. The lowest BCUT2D eigenvalue weighted by atomic mass is 10.1. The SMILES string of the molecule is COc1cccc(CC(=O)Nc2ccc(F)cc2C#N)c1. The summed E-state index contributed by atoms with van der Waals surface area (Å²) in [5.74, 6) is -0.136. The Bertz CT molecular complexity index is 708. The summed E-state index contributed by atoms with van der Waals surface area (Å²) in [6.45, 7) is 0. The Hall–Kier alpha value is -2.87. The van der Waals surface area contributed by atoms with Crippen LogP contribution in [0.2, 0.25) is 0 Å². The number of anilines is 1. The first-order valence-electron chi connectivity index (χ1n) is 6.25. The number of halogens is 1. The van der Waals surface area contributed by atoms with Crippen LogP contribution in [0.15, 0.2) is 42.5 Å². The fourth-order valence-corrected chi connectivity index (χ4v) is 1.88. The number of ether oxygens (including phenoxy) is 1. The highest BCUT2D eigenvalue weighted by atomic mass is 19.1. The van der Waals surface area contributed by atoms with Crippen molar-refractivity contribution in [1.29, 1.82) is 5.26 Å². The lowest BCUT2D eigenvalue weighted by molar-refractivity contribution is -0.115. The highest BCUT2D eigenvalue weighted by molar-refractivity contribution is 5.93. The number of hydrogen-bond acceptors (Lipinski definition) is 3. The van der Waals surface area contributed by atoms with Crippen LogP contribution >= 0.6 is 0 Å². The van der Waals surface area contributed by atoms with Crippen LogP contribution in [-0.2, 0) is 11.2 Å². The molecule has 2 aromatic carbocycles. The summed E-state index contributed by atoms with van der Waals surface area (Å²) < 4.78 is 18.1. The smallest absolute Gasteiger partial charge is 0.228 e. The molecule has 0 fully saturated rings. The standard InChI is InChI=1S/C16H13FN2O2/c1-21-14-4-2-3-11(7-14)8-16(20)19-15-6-5-13(17)9-12(15)10-18/h2-7,9H,8H2,1H3,(H,19,20). The third kappa shape index (κ3) is 3.80. The zero-order valence-electron chi connectivity index (χ0n) is 11.4. The van der Waals surface area contributed by atoms with E-state index in [1.54, 1.807) is 31.4 Å². The molecule has 21 heavy (non-hydrogen) atoms. The molecule has 0 aliphatic carbocycles. The van der Waals surface area contributed by atoms with Crippen molar-refractivity contribution in [3.8, 4) is 11.8 Å². The van der Waals surface area contributed by atoms with E-state index in [-0.39, 0.29) is 17.9 Å². The predicted octanol–water partition coefficient (Wildman–Crippen LogP) is 2.89. The van der Waals surface area contributed by atoms with Crippen molar-refractivity contribution in [1.82, 2.24) is 0 Å². The van der Waals surface area contributed by atoms with E-state index in [1.807, 2.05) is 6.07 Å². The van der Waals surface area contributed by atoms with Crippen LogP contribution in [0.5, 0.6) is 5.75 Å². The van der Waals surface area contributed by atoms with Crippen molar-refractivity contribution in [3.63, 3.8) is 0 Å². The Balaban J connectivity index is 2.10. The Morgan fingerprint density at radius 3 is 2.86 bits per heavy atom. The van der Waals surface area contributed by atoms with Gasteiger partial charge in [0.05, 0.1) is 24.8 Å². The molecule has 0 bridgehead atoms. The van der Waals surface area contributed by atoms with Gasteiger partial charge in [0.15, 0.2) is 0 Å². The Morgan fingerprint density at radius 1 is 1.33 bits per heavy atom. The molecule has 0 saturated carbocycles. The van der Waals surface area contributed by atoms with Gasteiger partial charge in [0.25, 0.3) is 0 Å². The van der Waals surface area contributed by atoms with Gasteiger partial charge in [-0.1, -0.05) is 12.1 Å². The van der Waals surface area contributed by atoms with Gasteiger partial charge in [-0.05, 0) is 35.9 Å². The third-order valence-electron chi connectivity index (χ3n) is 2.87. The van der Waals surface area contributed by atoms with Gasteiger partial charge in [0, 0.05) is 0 Å². The fraction of sp³-hybridized carbons (Fsp3) is 0.125. The first-order valence-corrected chi connectivity index (χ1v) is 6.25. The summed E-state index contributed by atoms with van der Waals surface area (Å²) in [5, 5.41) is 11.5. The average molecular weight is 284 g/mol. The monoisotopic (exact) mass is 284 g/mol. The quantitative estimate of drug-likeness (QED) is 0.939. The molecule has 0 aliphatic rings. The fourth-order valence-electron chi connectivity index (χ4n) is 1.88. The predicted molar refractivity (Wildman–Crippen MR) is 76.4 cm³/mol. The van der Waals surface area contributed by atoms with Crippen molar-refractivity contribution in [3.05, 3.63) is 59.4 Å². The van der Waals surface area contributed by atoms with E-state index in [9.17, 15) is 9.18 Å². The molecular weight excluding hydrogens is 271 g/mol. The number of nitriles is 1. The number of benzene rings is 2. The van der Waals surface area contributed by atoms with Crippen LogP contribution < -0.4 is 10.1 Å². The van der Waals surface area contributed by atoms with Crippen molar-refractivity contribution in [2.24, 2.45) is 0 Å². The van der Waals surface area contributed by atoms with E-state index >= 15 is 0 Å². The Kier molecular flexibility index (Phi) is 4.52. The minimum Gasteiger partial charge on any atom is -0.497 e. The first kappa shape index (κ1) is 14.5. The largest absolute Gasteiger partial charge is 0.497 e. The molecule has 2 rings (SSSR count). The lowest BCUT2D eigenvalue weighted by Crippen LogP contribution is -2.15. The van der Waals surface area contributed by atoms with Crippen LogP contribution in [0.4, 0.5) is 10.1 Å². The van der Waals surface area contributed by atoms with Gasteiger partial charge in [0.2, 0.25) is 5.91 Å². The van der Waals surface area contributed by atoms with Crippen molar-refractivity contribution in [2.75, 3.05) is 12.4 Å². The van der Waals surface area contributed by atoms with E-state index in [1.165, 1.54) is 12.1 Å². The number of nitrogens with zero attached hydrogens (tertiary/aromatic N) is 1. The van der Waals surface area contributed by atoms with Gasteiger partial charge >= 0.3 is 0 Å². The summed E-state index contributed by atoms with van der Waals surface area (Å²) in [4.78, 5) is 12.0. The number of carbonyl (C=O) groups excluding carboxylic acids is 1. The molecule has 1 N–H and O–H groups in total. The molecule has 5 heteroatoms. The Labute approximate surface area is 121 Å². The van der Waals surface area contributed by atoms with Crippen LogP contribution in [0.3, 0.4) is 0 Å². The normalized spacial score (nSPS) is 9.76. The molecule has 4 nitrogen and oxygen atoms in total. The maximum Gasteiger partial charge on any atom is 0.228 e. The summed E-state index contributed by atoms with van der Waals surface area (Å²) in [5.41, 5.74) is 1.17. The molecule has 1 amide bonds. The molecule has 0 spiro atoms. The van der Waals surface area contributed by atoms with E-state index in [4.69, 9.17) is 10.00 Å². The number of rotatable bonds is 4. The molecule has 0 aliphatic heterocycles. The number of amides is 1. The van der Waals surface area contributed by atoms with Gasteiger partial charge < -0.3 is 10.1 Å². The zero-order chi connectivity index (χ0) is 15.2. The molecule has 0 radical (unpaired) electrons. The molecule has 0 heterocycles. The molecule has 0 saturated heterocycles. The number of carbonyl (C=O) groups is 1. The average Bonchev–Trinajstić information content (AvgIpc) is 2.49. The van der Waals surface area contributed by atoms with Gasteiger partial charge in [-0.2, -0.15) is 5.26 Å². The zero-order valence-corrected chi connectivity index (χ0v) is 11.4. The van der Waals surface area contributed by atoms with Crippen LogP contribution in [0, 0.1) is 17.1 Å². The van der Waals surface area contributed by atoms with Gasteiger partial charge in [-0.15, -0.1) is 0 Å². The minimum atomic E-state index is -0.516. The number of methoxy groups -OCH3 is 1. The summed E-state index contributed by atoms with van der Waals surface area (Å²) >= 11 is 0. The van der Waals surface area contributed by atoms with Crippen LogP contribution in [-0.4, -0.2) is 13.0 Å². The van der Waals surface area contributed by atoms with Gasteiger partial charge in [-0.25, -0.2) is 4.39 Å². The third-order valence-corrected chi connectivity index (χ3v) is 2.87. The Morgan fingerprint density at radius 2 is 2.14 bits per heavy atom. The van der Waals surface area contributed by atoms with Gasteiger partial charge in [-0.3, -0.25) is 4.79 Å². The molecule has 0 unspecified atom stereocenters. The number of nitrogens with one attached hydrogen (secondary N) is 1. The van der Waals surface area contributed by atoms with Crippen LogP contribution in [0.25, 0.3) is 0 Å².